The molecule has 2 aliphatic rings. The Hall–Kier alpha value is -2.88. The lowest BCUT2D eigenvalue weighted by atomic mass is 9.81. The highest BCUT2D eigenvalue weighted by Crippen LogP contribution is 2.49. The molecule has 3 aromatic rings. The lowest BCUT2D eigenvalue weighted by Gasteiger charge is -2.26. The average Bonchev–Trinajstić information content (AvgIpc) is 3.51. The second-order valence-electron chi connectivity index (χ2n) is 12.0. The van der Waals surface area contributed by atoms with Gasteiger partial charge in [-0.15, -0.1) is 0 Å². The molecule has 10 nitrogen and oxygen atoms in total. The Kier molecular flexibility index (Phi) is 11.6. The zero-order chi connectivity index (χ0) is 34.6. The molecular weight excluding hydrogens is 693 g/mol. The van der Waals surface area contributed by atoms with Crippen molar-refractivity contribution in [2.45, 2.75) is 64.8 Å². The maximum Gasteiger partial charge on any atom is 0.264 e. The molecule has 14 heteroatoms. The molecule has 0 bridgehead atoms. The molecule has 0 amide bonds. The summed E-state index contributed by atoms with van der Waals surface area (Å²) in [4.78, 5) is 3.16. The second-order valence-corrected chi connectivity index (χ2v) is 17.3. The first-order valence-corrected chi connectivity index (χ1v) is 20.9. The number of hydrogen-bond acceptors (Lipinski definition) is 10. The highest BCUT2D eigenvalue weighted by molar-refractivity contribution is 8.03. The third kappa shape index (κ3) is 9.21. The SMILES string of the molecule is CCOc1ccc2c(c1)N(CCCS(=O)(=O)O)C(=CC1=C(C)C(=Cc3sc4ccc(OCC)cc4[n+]3CCCS(=O)(=O)[O-])CC(C)C1)S2. The van der Waals surface area contributed by atoms with Crippen LogP contribution in [0.1, 0.15) is 58.4 Å². The Morgan fingerprint density at radius 3 is 2.40 bits per heavy atom. The van der Waals surface area contributed by atoms with E-state index in [0.717, 1.165) is 60.7 Å². The van der Waals surface area contributed by atoms with Crippen LogP contribution in [-0.4, -0.2) is 57.2 Å². The predicted octanol–water partition coefficient (Wildman–Crippen LogP) is 6.78. The molecule has 0 radical (unpaired) electrons. The molecule has 1 N–H and O–H groups in total. The summed E-state index contributed by atoms with van der Waals surface area (Å²) in [6.45, 7) is 10.0. The van der Waals surface area contributed by atoms with Crippen LogP contribution in [0.5, 0.6) is 11.5 Å². The number of fused-ring (bicyclic) bond motifs is 2. The van der Waals surface area contributed by atoms with E-state index < -0.39 is 26.0 Å². The van der Waals surface area contributed by atoms with Gasteiger partial charge in [-0.25, -0.2) is 8.42 Å². The second kappa shape index (κ2) is 15.3. The fourth-order valence-corrected chi connectivity index (χ4v) is 9.37. The molecule has 48 heavy (non-hydrogen) atoms. The van der Waals surface area contributed by atoms with Crippen LogP contribution in [0.4, 0.5) is 5.69 Å². The van der Waals surface area contributed by atoms with Gasteiger partial charge >= 0.3 is 0 Å². The van der Waals surface area contributed by atoms with E-state index in [1.165, 1.54) is 11.1 Å². The van der Waals surface area contributed by atoms with Gasteiger partial charge in [0, 0.05) is 35.8 Å². The fourth-order valence-electron chi connectivity index (χ4n) is 6.12. The van der Waals surface area contributed by atoms with E-state index in [1.54, 1.807) is 23.1 Å². The summed E-state index contributed by atoms with van der Waals surface area (Å²) >= 11 is 3.25. The van der Waals surface area contributed by atoms with Gasteiger partial charge in [0.05, 0.1) is 45.9 Å². The number of rotatable bonds is 14. The largest absolute Gasteiger partial charge is 0.748 e. The van der Waals surface area contributed by atoms with Crippen LogP contribution in [0.25, 0.3) is 16.3 Å². The zero-order valence-corrected chi connectivity index (χ0v) is 30.9. The fraction of sp³-hybridized carbons (Fsp3) is 0.441. The van der Waals surface area contributed by atoms with E-state index >= 15 is 0 Å². The quantitative estimate of drug-likeness (QED) is 0.139. The number of aromatic nitrogens is 1. The Bertz CT molecular complexity index is 1980. The van der Waals surface area contributed by atoms with E-state index in [9.17, 15) is 25.9 Å². The molecule has 0 fully saturated rings. The summed E-state index contributed by atoms with van der Waals surface area (Å²) in [6, 6.07) is 11.8. The van der Waals surface area contributed by atoms with Gasteiger partial charge in [-0.1, -0.05) is 30.0 Å². The molecule has 0 saturated heterocycles. The van der Waals surface area contributed by atoms with Crippen LogP contribution in [0.2, 0.25) is 0 Å². The number of thioether (sulfide) groups is 1. The third-order valence-corrected chi connectivity index (χ3v) is 12.1. The van der Waals surface area contributed by atoms with Gasteiger partial charge in [0.2, 0.25) is 5.52 Å². The number of benzene rings is 2. The van der Waals surface area contributed by atoms with Crippen LogP contribution in [-0.2, 0) is 26.8 Å². The standard InChI is InChI=1S/C34H42N2O8S4/c1-5-43-27-9-11-31-29(21-27)35(13-7-15-47(37,38)39)33(45-31)19-25-17-23(3)18-26(24(25)4)20-34-36(14-8-16-48(40,41)42)30-22-28(44-6-2)10-12-32(30)46-34/h9-12,19-23H,5-8,13-18H2,1-4H3,(H-,37,38,39,40,41,42). The first kappa shape index (κ1) is 36.4. The van der Waals surface area contributed by atoms with Crippen molar-refractivity contribution in [3.63, 3.8) is 0 Å². The maximum absolute atomic E-state index is 11.5. The Morgan fingerprint density at radius 1 is 1.00 bits per heavy atom. The van der Waals surface area contributed by atoms with Gasteiger partial charge < -0.3 is 18.9 Å². The molecule has 1 atom stereocenters. The predicted molar refractivity (Wildman–Crippen MR) is 191 cm³/mol. The van der Waals surface area contributed by atoms with Crippen LogP contribution in [0, 0.1) is 5.92 Å². The minimum atomic E-state index is -4.33. The molecule has 2 aromatic carbocycles. The Labute approximate surface area is 291 Å². The number of nitrogens with zero attached hydrogens (tertiary/aromatic N) is 2. The molecule has 0 spiro atoms. The molecule has 1 aliphatic heterocycles. The summed E-state index contributed by atoms with van der Waals surface area (Å²) in [5.74, 6) is 1.07. The van der Waals surface area contributed by atoms with Crippen LogP contribution in [0.15, 0.2) is 69.1 Å². The van der Waals surface area contributed by atoms with E-state index in [-0.39, 0.29) is 18.6 Å². The molecule has 0 saturated carbocycles. The monoisotopic (exact) mass is 734 g/mol. The summed E-state index contributed by atoms with van der Waals surface area (Å²) in [6.07, 6.45) is 6.60. The normalized spacial score (nSPS) is 18.7. The van der Waals surface area contributed by atoms with Gasteiger partial charge in [-0.05, 0) is 93.0 Å². The van der Waals surface area contributed by atoms with Gasteiger partial charge in [0.15, 0.2) is 6.54 Å². The molecule has 5 rings (SSSR count). The molecular formula is C34H42N2O8S4. The summed E-state index contributed by atoms with van der Waals surface area (Å²) in [5, 5.41) is 1.95. The van der Waals surface area contributed by atoms with Crippen LogP contribution in [0.3, 0.4) is 0 Å². The molecule has 1 aromatic heterocycles. The first-order chi connectivity index (χ1) is 22.7. The van der Waals surface area contributed by atoms with Crippen LogP contribution >= 0.6 is 23.1 Å². The van der Waals surface area contributed by atoms with Crippen molar-refractivity contribution >= 4 is 65.3 Å². The van der Waals surface area contributed by atoms with Crippen molar-refractivity contribution in [2.75, 3.05) is 36.2 Å². The summed E-state index contributed by atoms with van der Waals surface area (Å²) < 4.78 is 81.3. The van der Waals surface area contributed by atoms with Crippen molar-refractivity contribution in [3.8, 4) is 11.5 Å². The number of aryl methyl sites for hydroxylation is 1. The minimum absolute atomic E-state index is 0.205. The Morgan fingerprint density at radius 2 is 1.71 bits per heavy atom. The number of allylic oxidation sites excluding steroid dienone is 4. The van der Waals surface area contributed by atoms with Crippen molar-refractivity contribution in [1.29, 1.82) is 0 Å². The van der Waals surface area contributed by atoms with E-state index in [4.69, 9.17) is 9.47 Å². The van der Waals surface area contributed by atoms with E-state index in [0.29, 0.717) is 32.2 Å². The van der Waals surface area contributed by atoms with E-state index in [1.807, 2.05) is 50.2 Å². The molecule has 260 valence electrons. The molecule has 1 aliphatic carbocycles. The van der Waals surface area contributed by atoms with Gasteiger partial charge in [-0.3, -0.25) is 4.55 Å². The topological polar surface area (TPSA) is 137 Å². The number of hydrogen-bond donors (Lipinski definition) is 1. The van der Waals surface area contributed by atoms with Gasteiger partial charge in [0.1, 0.15) is 16.2 Å². The summed E-state index contributed by atoms with van der Waals surface area (Å²) in [5.41, 5.74) is 5.40. The van der Waals surface area contributed by atoms with Crippen molar-refractivity contribution < 1.29 is 40.0 Å². The van der Waals surface area contributed by atoms with Gasteiger partial charge in [0.25, 0.3) is 15.1 Å². The van der Waals surface area contributed by atoms with Gasteiger partial charge in [-0.2, -0.15) is 13.0 Å². The maximum atomic E-state index is 11.5. The van der Waals surface area contributed by atoms with Crippen molar-refractivity contribution in [1.82, 2.24) is 0 Å². The average molecular weight is 735 g/mol. The lowest BCUT2D eigenvalue weighted by Crippen LogP contribution is -2.36. The highest BCUT2D eigenvalue weighted by Gasteiger charge is 2.29. The van der Waals surface area contributed by atoms with Crippen molar-refractivity contribution in [2.24, 2.45) is 5.92 Å². The van der Waals surface area contributed by atoms with Crippen molar-refractivity contribution in [3.05, 3.63) is 69.2 Å². The first-order valence-electron chi connectivity index (χ1n) is 16.1. The minimum Gasteiger partial charge on any atom is -0.748 e. The number of ether oxygens (including phenoxy) is 2. The highest BCUT2D eigenvalue weighted by atomic mass is 32.2. The van der Waals surface area contributed by atoms with Crippen LogP contribution < -0.4 is 18.9 Å². The lowest BCUT2D eigenvalue weighted by molar-refractivity contribution is -0.668. The summed E-state index contributed by atoms with van der Waals surface area (Å²) in [7, 11) is -8.42. The molecule has 2 heterocycles. The number of anilines is 1. The van der Waals surface area contributed by atoms with E-state index in [2.05, 4.69) is 35.5 Å². The Balaban J connectivity index is 1.53. The molecule has 1 unspecified atom stereocenters. The third-order valence-electron chi connectivity index (χ3n) is 8.28. The smallest absolute Gasteiger partial charge is 0.264 e. The number of thiazole rings is 1. The zero-order valence-electron chi connectivity index (χ0n) is 27.6.